The van der Waals surface area contributed by atoms with Crippen molar-refractivity contribution in [2.75, 3.05) is 5.32 Å². The van der Waals surface area contributed by atoms with E-state index in [1.807, 2.05) is 85.1 Å². The summed E-state index contributed by atoms with van der Waals surface area (Å²) in [6.07, 6.45) is 5.90. The minimum atomic E-state index is -0.857. The molecule has 0 bridgehead atoms. The molecule has 0 aliphatic carbocycles. The highest BCUT2D eigenvalue weighted by atomic mass is 16.5. The quantitative estimate of drug-likeness (QED) is 0.233. The highest BCUT2D eigenvalue weighted by Gasteiger charge is 2.24. The molecular weight excluding hydrogens is 516 g/mol. The first kappa shape index (κ1) is 26.3. The van der Waals surface area contributed by atoms with Gasteiger partial charge in [-0.25, -0.2) is 4.79 Å². The van der Waals surface area contributed by atoms with Gasteiger partial charge in [0, 0.05) is 47.7 Å². The summed E-state index contributed by atoms with van der Waals surface area (Å²) < 4.78 is 7.62. The molecule has 3 aromatic carbocycles. The van der Waals surface area contributed by atoms with Gasteiger partial charge in [0.25, 0.3) is 0 Å². The van der Waals surface area contributed by atoms with Gasteiger partial charge in [0.15, 0.2) is 5.82 Å². The van der Waals surface area contributed by atoms with E-state index in [1.165, 1.54) is 6.42 Å². The van der Waals surface area contributed by atoms with E-state index >= 15 is 0 Å². The van der Waals surface area contributed by atoms with Crippen LogP contribution in [0.5, 0.6) is 0 Å². The van der Waals surface area contributed by atoms with Gasteiger partial charge in [0.05, 0.1) is 0 Å². The molecule has 2 aromatic heterocycles. The van der Waals surface area contributed by atoms with Crippen LogP contribution >= 0.6 is 0 Å². The van der Waals surface area contributed by atoms with Crippen LogP contribution in [-0.4, -0.2) is 37.8 Å². The van der Waals surface area contributed by atoms with Crippen molar-refractivity contribution in [3.05, 3.63) is 102 Å². The summed E-state index contributed by atoms with van der Waals surface area (Å²) in [5, 5.41) is 15.6. The summed E-state index contributed by atoms with van der Waals surface area (Å²) in [6.45, 7) is 1.03. The van der Waals surface area contributed by atoms with Crippen LogP contribution in [0, 0.1) is 0 Å². The molecule has 0 saturated heterocycles. The van der Waals surface area contributed by atoms with Crippen LogP contribution in [0.4, 0.5) is 10.5 Å². The molecule has 6 rings (SSSR count). The van der Waals surface area contributed by atoms with Gasteiger partial charge in [-0.2, -0.15) is 0 Å². The number of hydrogen-bond donors (Lipinski definition) is 3. The monoisotopic (exact) mass is 548 g/mol. The van der Waals surface area contributed by atoms with Crippen molar-refractivity contribution in [1.82, 2.24) is 25.1 Å². The Bertz CT molecular complexity index is 1640. The van der Waals surface area contributed by atoms with Gasteiger partial charge in [0.1, 0.15) is 18.5 Å². The number of anilines is 1. The van der Waals surface area contributed by atoms with Crippen LogP contribution in [0.15, 0.2) is 85.1 Å². The molecular formula is C32H32N6O3. The van der Waals surface area contributed by atoms with E-state index in [9.17, 15) is 9.59 Å². The van der Waals surface area contributed by atoms with E-state index in [2.05, 4.69) is 30.4 Å². The Labute approximate surface area is 238 Å². The molecule has 3 N–H and O–H groups in total. The number of carbonyl (C=O) groups is 2. The van der Waals surface area contributed by atoms with Crippen molar-refractivity contribution < 1.29 is 14.3 Å². The number of alkyl carbamates (subject to hydrolysis) is 1. The standard InChI is InChI=1S/C32H32N6O3/c39-31(34-25-16-14-23(15-17-25)30-37-36-29-13-5-2-8-18-38(29)30)28(19-24-20-33-27-12-7-6-11-26(24)27)35-32(40)41-21-22-9-3-1-4-10-22/h1,3-4,6-7,9-12,14-17,20,28,33H,2,5,8,13,18-19,21H2,(H,34,39)(H,35,40)/t28-/m0/s1. The lowest BCUT2D eigenvalue weighted by molar-refractivity contribution is -0.118. The van der Waals surface area contributed by atoms with E-state index < -0.39 is 12.1 Å². The maximum absolute atomic E-state index is 13.5. The van der Waals surface area contributed by atoms with E-state index in [1.54, 1.807) is 0 Å². The number of benzene rings is 3. The molecule has 3 heterocycles. The van der Waals surface area contributed by atoms with Crippen molar-refractivity contribution in [2.45, 2.75) is 51.3 Å². The number of H-pyrrole nitrogens is 1. The minimum Gasteiger partial charge on any atom is -0.445 e. The maximum atomic E-state index is 13.5. The van der Waals surface area contributed by atoms with Gasteiger partial charge in [0.2, 0.25) is 5.91 Å². The number of para-hydroxylation sites is 1. The van der Waals surface area contributed by atoms with Crippen LogP contribution in [0.1, 0.15) is 36.2 Å². The molecule has 1 aliphatic rings. The largest absolute Gasteiger partial charge is 0.445 e. The second-order valence-corrected chi connectivity index (χ2v) is 10.3. The molecule has 0 saturated carbocycles. The average molecular weight is 549 g/mol. The number of amides is 2. The third-order valence-electron chi connectivity index (χ3n) is 7.44. The molecule has 0 spiro atoms. The van der Waals surface area contributed by atoms with Crippen LogP contribution in [0.3, 0.4) is 0 Å². The van der Waals surface area contributed by atoms with E-state index in [0.29, 0.717) is 12.1 Å². The minimum absolute atomic E-state index is 0.113. The van der Waals surface area contributed by atoms with Crippen LogP contribution < -0.4 is 10.6 Å². The fourth-order valence-corrected chi connectivity index (χ4v) is 5.27. The fourth-order valence-electron chi connectivity index (χ4n) is 5.27. The molecule has 1 aliphatic heterocycles. The summed E-state index contributed by atoms with van der Waals surface area (Å²) in [6, 6.07) is 24.0. The van der Waals surface area contributed by atoms with E-state index in [4.69, 9.17) is 4.74 Å². The molecule has 2 amide bonds. The summed E-state index contributed by atoms with van der Waals surface area (Å²) in [5.74, 6) is 1.54. The van der Waals surface area contributed by atoms with E-state index in [-0.39, 0.29) is 12.5 Å². The third kappa shape index (κ3) is 6.14. The number of nitrogens with zero attached hydrogens (tertiary/aromatic N) is 3. The lowest BCUT2D eigenvalue weighted by Gasteiger charge is -2.18. The third-order valence-corrected chi connectivity index (χ3v) is 7.44. The zero-order valence-electron chi connectivity index (χ0n) is 22.7. The first-order chi connectivity index (χ1) is 20.1. The molecule has 1 atom stereocenters. The fraction of sp³-hybridized carbons (Fsp3) is 0.250. The molecule has 208 valence electrons. The van der Waals surface area contributed by atoms with Crippen LogP contribution in [-0.2, 0) is 35.5 Å². The normalized spacial score (nSPS) is 13.7. The SMILES string of the molecule is O=C(N[C@@H](Cc1c[nH]c2ccccc12)C(=O)Nc1ccc(-c2nnc3n2CCCCC3)cc1)OCc1ccccc1. The topological polar surface area (TPSA) is 114 Å². The highest BCUT2D eigenvalue weighted by Crippen LogP contribution is 2.25. The number of aromatic nitrogens is 4. The molecule has 9 heteroatoms. The number of rotatable bonds is 8. The van der Waals surface area contributed by atoms with Gasteiger partial charge in [-0.1, -0.05) is 55.0 Å². The van der Waals surface area contributed by atoms with E-state index in [0.717, 1.165) is 65.0 Å². The number of aromatic amines is 1. The Morgan fingerprint density at radius 2 is 1.73 bits per heavy atom. The molecule has 5 aromatic rings. The highest BCUT2D eigenvalue weighted by molar-refractivity contribution is 5.97. The van der Waals surface area contributed by atoms with Crippen LogP contribution in [0.25, 0.3) is 22.3 Å². The van der Waals surface area contributed by atoms with Crippen LogP contribution in [0.2, 0.25) is 0 Å². The van der Waals surface area contributed by atoms with Crippen molar-refractivity contribution in [3.63, 3.8) is 0 Å². The second kappa shape index (κ2) is 12.1. The predicted molar refractivity (Wildman–Crippen MR) is 157 cm³/mol. The first-order valence-corrected chi connectivity index (χ1v) is 14.0. The van der Waals surface area contributed by atoms with Crippen molar-refractivity contribution in [3.8, 4) is 11.4 Å². The lowest BCUT2D eigenvalue weighted by atomic mass is 10.0. The lowest BCUT2D eigenvalue weighted by Crippen LogP contribution is -2.45. The van der Waals surface area contributed by atoms with Crippen molar-refractivity contribution in [2.24, 2.45) is 0 Å². The number of aryl methyl sites for hydroxylation is 1. The predicted octanol–water partition coefficient (Wildman–Crippen LogP) is 5.63. The summed E-state index contributed by atoms with van der Waals surface area (Å²) in [7, 11) is 0. The Kier molecular flexibility index (Phi) is 7.75. The number of carbonyl (C=O) groups excluding carboxylic acids is 2. The van der Waals surface area contributed by atoms with Gasteiger partial charge in [-0.3, -0.25) is 4.79 Å². The smallest absolute Gasteiger partial charge is 0.408 e. The summed E-state index contributed by atoms with van der Waals surface area (Å²) in [5.41, 5.74) is 4.33. The molecule has 0 radical (unpaired) electrons. The molecule has 0 unspecified atom stereocenters. The number of nitrogens with one attached hydrogen (secondary N) is 3. The summed E-state index contributed by atoms with van der Waals surface area (Å²) >= 11 is 0. The van der Waals surface area contributed by atoms with Crippen molar-refractivity contribution in [1.29, 1.82) is 0 Å². The molecule has 0 fully saturated rings. The van der Waals surface area contributed by atoms with Gasteiger partial charge in [-0.15, -0.1) is 10.2 Å². The van der Waals surface area contributed by atoms with Crippen molar-refractivity contribution >= 4 is 28.6 Å². The molecule has 9 nitrogen and oxygen atoms in total. The van der Waals surface area contributed by atoms with Gasteiger partial charge >= 0.3 is 6.09 Å². The number of fused-ring (bicyclic) bond motifs is 2. The Balaban J connectivity index is 1.17. The second-order valence-electron chi connectivity index (χ2n) is 10.3. The zero-order chi connectivity index (χ0) is 28.0. The average Bonchev–Trinajstić information content (AvgIpc) is 3.52. The first-order valence-electron chi connectivity index (χ1n) is 14.0. The zero-order valence-corrected chi connectivity index (χ0v) is 22.7. The summed E-state index contributed by atoms with van der Waals surface area (Å²) in [4.78, 5) is 29.5. The Morgan fingerprint density at radius 3 is 2.59 bits per heavy atom. The number of ether oxygens (including phenoxy) is 1. The number of hydrogen-bond acceptors (Lipinski definition) is 5. The Morgan fingerprint density at radius 1 is 0.927 bits per heavy atom. The van der Waals surface area contributed by atoms with Gasteiger partial charge in [-0.05, 0) is 54.3 Å². The maximum Gasteiger partial charge on any atom is 0.408 e. The van der Waals surface area contributed by atoms with Gasteiger partial charge < -0.3 is 24.9 Å². The Hall–Kier alpha value is -4.92. The molecule has 41 heavy (non-hydrogen) atoms.